The highest BCUT2D eigenvalue weighted by Gasteiger charge is 2.20. The van der Waals surface area contributed by atoms with Crippen LogP contribution >= 0.6 is 0 Å². The van der Waals surface area contributed by atoms with Crippen LogP contribution in [0.1, 0.15) is 19.5 Å². The zero-order valence-electron chi connectivity index (χ0n) is 10.8. The molecule has 0 aliphatic rings. The van der Waals surface area contributed by atoms with E-state index in [4.69, 9.17) is 0 Å². The first-order valence-electron chi connectivity index (χ1n) is 6.05. The summed E-state index contributed by atoms with van der Waals surface area (Å²) in [6, 6.07) is 9.78. The Morgan fingerprint density at radius 1 is 1.16 bits per heavy atom. The standard InChI is InChI=1S/C14H14N4O/c1-14(2,19)12-9-18(17-16-12)11-7-3-5-10-6-4-8-15-13(10)11/h3-9,19H,1-2H3. The fourth-order valence-corrected chi connectivity index (χ4v) is 1.93. The van der Waals surface area contributed by atoms with Crippen LogP contribution in [0.25, 0.3) is 16.6 Å². The monoisotopic (exact) mass is 254 g/mol. The Hall–Kier alpha value is -2.27. The normalized spacial score (nSPS) is 11.9. The number of hydrogen-bond donors (Lipinski definition) is 1. The molecule has 2 aromatic heterocycles. The van der Waals surface area contributed by atoms with Gasteiger partial charge in [0.05, 0.1) is 17.4 Å². The maximum atomic E-state index is 9.93. The van der Waals surface area contributed by atoms with E-state index in [-0.39, 0.29) is 0 Å². The SMILES string of the molecule is CC(C)(O)c1cn(-c2cccc3cccnc23)nn1. The molecule has 3 aromatic rings. The van der Waals surface area contributed by atoms with Gasteiger partial charge in [0.1, 0.15) is 11.3 Å². The molecule has 0 unspecified atom stereocenters. The summed E-state index contributed by atoms with van der Waals surface area (Å²) in [6.07, 6.45) is 3.48. The molecule has 0 aliphatic heterocycles. The molecule has 0 aliphatic carbocycles. The van der Waals surface area contributed by atoms with Gasteiger partial charge in [-0.3, -0.25) is 4.98 Å². The molecular weight excluding hydrogens is 240 g/mol. The lowest BCUT2D eigenvalue weighted by Gasteiger charge is -2.11. The highest BCUT2D eigenvalue weighted by molar-refractivity contribution is 5.86. The van der Waals surface area contributed by atoms with Crippen molar-refractivity contribution in [1.82, 2.24) is 20.0 Å². The first kappa shape index (κ1) is 11.8. The fraction of sp³-hybridized carbons (Fsp3) is 0.214. The minimum absolute atomic E-state index is 0.528. The number of para-hydroxylation sites is 1. The Balaban J connectivity index is 2.17. The van der Waals surface area contributed by atoms with Crippen LogP contribution in [0.2, 0.25) is 0 Å². The van der Waals surface area contributed by atoms with Crippen LogP contribution in [0, 0.1) is 0 Å². The number of aliphatic hydroxyl groups is 1. The van der Waals surface area contributed by atoms with Crippen LogP contribution in [0.3, 0.4) is 0 Å². The third kappa shape index (κ3) is 2.08. The van der Waals surface area contributed by atoms with Gasteiger partial charge >= 0.3 is 0 Å². The maximum absolute atomic E-state index is 9.93. The number of hydrogen-bond acceptors (Lipinski definition) is 4. The number of fused-ring (bicyclic) bond motifs is 1. The molecule has 0 radical (unpaired) electrons. The Kier molecular flexibility index (Phi) is 2.57. The summed E-state index contributed by atoms with van der Waals surface area (Å²) in [5, 5.41) is 19.0. The van der Waals surface area contributed by atoms with Crippen LogP contribution in [-0.4, -0.2) is 25.1 Å². The number of benzene rings is 1. The van der Waals surface area contributed by atoms with E-state index < -0.39 is 5.60 Å². The number of pyridine rings is 1. The van der Waals surface area contributed by atoms with Crippen LogP contribution < -0.4 is 0 Å². The van der Waals surface area contributed by atoms with Gasteiger partial charge in [-0.2, -0.15) is 0 Å². The molecule has 2 heterocycles. The average Bonchev–Trinajstić information content (AvgIpc) is 2.87. The van der Waals surface area contributed by atoms with Crippen molar-refractivity contribution in [3.8, 4) is 5.69 Å². The number of rotatable bonds is 2. The highest BCUT2D eigenvalue weighted by atomic mass is 16.3. The molecule has 0 fully saturated rings. The van der Waals surface area contributed by atoms with E-state index >= 15 is 0 Å². The molecule has 5 nitrogen and oxygen atoms in total. The van der Waals surface area contributed by atoms with E-state index in [2.05, 4.69) is 15.3 Å². The molecule has 19 heavy (non-hydrogen) atoms. The summed E-state index contributed by atoms with van der Waals surface area (Å²) < 4.78 is 1.64. The zero-order valence-corrected chi connectivity index (χ0v) is 10.8. The Morgan fingerprint density at radius 2 is 1.95 bits per heavy atom. The summed E-state index contributed by atoms with van der Waals surface area (Å²) in [5.74, 6) is 0. The van der Waals surface area contributed by atoms with Gasteiger partial charge in [0.2, 0.25) is 0 Å². The first-order chi connectivity index (χ1) is 9.05. The van der Waals surface area contributed by atoms with Gasteiger partial charge in [-0.1, -0.05) is 23.4 Å². The van der Waals surface area contributed by atoms with Gasteiger partial charge in [-0.05, 0) is 26.0 Å². The van der Waals surface area contributed by atoms with E-state index in [9.17, 15) is 5.11 Å². The molecule has 0 saturated heterocycles. The summed E-state index contributed by atoms with van der Waals surface area (Å²) in [4.78, 5) is 4.38. The quantitative estimate of drug-likeness (QED) is 0.760. The van der Waals surface area contributed by atoms with Crippen molar-refractivity contribution in [3.63, 3.8) is 0 Å². The van der Waals surface area contributed by atoms with E-state index in [1.54, 1.807) is 30.9 Å². The Morgan fingerprint density at radius 3 is 2.68 bits per heavy atom. The summed E-state index contributed by atoms with van der Waals surface area (Å²) in [7, 11) is 0. The lowest BCUT2D eigenvalue weighted by molar-refractivity contribution is 0.0737. The number of aromatic nitrogens is 4. The van der Waals surface area contributed by atoms with Crippen molar-refractivity contribution in [3.05, 3.63) is 48.4 Å². The zero-order chi connectivity index (χ0) is 13.5. The van der Waals surface area contributed by atoms with E-state index in [1.807, 2.05) is 30.3 Å². The molecule has 1 aromatic carbocycles. The maximum Gasteiger partial charge on any atom is 0.114 e. The second-order valence-corrected chi connectivity index (χ2v) is 4.96. The molecule has 0 atom stereocenters. The summed E-state index contributed by atoms with van der Waals surface area (Å²) in [5.41, 5.74) is 1.23. The van der Waals surface area contributed by atoms with Crippen LogP contribution in [-0.2, 0) is 5.60 Å². The van der Waals surface area contributed by atoms with Gasteiger partial charge in [-0.25, -0.2) is 4.68 Å². The van der Waals surface area contributed by atoms with Crippen molar-refractivity contribution in [1.29, 1.82) is 0 Å². The largest absolute Gasteiger partial charge is 0.384 e. The molecule has 0 spiro atoms. The molecule has 1 N–H and O–H groups in total. The lowest BCUT2D eigenvalue weighted by atomic mass is 10.1. The fourth-order valence-electron chi connectivity index (χ4n) is 1.93. The van der Waals surface area contributed by atoms with Crippen molar-refractivity contribution < 1.29 is 5.11 Å². The van der Waals surface area contributed by atoms with Crippen molar-refractivity contribution in [2.24, 2.45) is 0 Å². The van der Waals surface area contributed by atoms with Gasteiger partial charge in [0.15, 0.2) is 0 Å². The Bertz CT molecular complexity index is 722. The van der Waals surface area contributed by atoms with Crippen molar-refractivity contribution >= 4 is 10.9 Å². The van der Waals surface area contributed by atoms with Crippen LogP contribution in [0.15, 0.2) is 42.7 Å². The molecule has 5 heteroatoms. The Labute approximate surface area is 110 Å². The summed E-state index contributed by atoms with van der Waals surface area (Å²) >= 11 is 0. The van der Waals surface area contributed by atoms with E-state index in [0.29, 0.717) is 5.69 Å². The molecule has 3 rings (SSSR count). The van der Waals surface area contributed by atoms with E-state index in [0.717, 1.165) is 16.6 Å². The van der Waals surface area contributed by atoms with Gasteiger partial charge < -0.3 is 5.11 Å². The van der Waals surface area contributed by atoms with E-state index in [1.165, 1.54) is 0 Å². The molecular formula is C14H14N4O. The second-order valence-electron chi connectivity index (χ2n) is 4.96. The highest BCUT2D eigenvalue weighted by Crippen LogP contribution is 2.21. The van der Waals surface area contributed by atoms with Crippen molar-refractivity contribution in [2.45, 2.75) is 19.4 Å². The van der Waals surface area contributed by atoms with Gasteiger partial charge in [-0.15, -0.1) is 5.10 Å². The minimum Gasteiger partial charge on any atom is -0.384 e. The average molecular weight is 254 g/mol. The lowest BCUT2D eigenvalue weighted by Crippen LogP contribution is -2.15. The van der Waals surface area contributed by atoms with Crippen LogP contribution in [0.4, 0.5) is 0 Å². The van der Waals surface area contributed by atoms with Crippen molar-refractivity contribution in [2.75, 3.05) is 0 Å². The van der Waals surface area contributed by atoms with Gasteiger partial charge in [0, 0.05) is 11.6 Å². The first-order valence-corrected chi connectivity index (χ1v) is 6.05. The minimum atomic E-state index is -1.00. The topological polar surface area (TPSA) is 63.8 Å². The summed E-state index contributed by atoms with van der Waals surface area (Å²) in [6.45, 7) is 3.37. The smallest absolute Gasteiger partial charge is 0.114 e. The van der Waals surface area contributed by atoms with Crippen LogP contribution in [0.5, 0.6) is 0 Å². The molecule has 96 valence electrons. The third-order valence-corrected chi connectivity index (χ3v) is 2.98. The molecule has 0 saturated carbocycles. The number of nitrogens with zero attached hydrogens (tertiary/aromatic N) is 4. The second kappa shape index (κ2) is 4.13. The molecule has 0 amide bonds. The predicted octanol–water partition coefficient (Wildman–Crippen LogP) is 2.04. The predicted molar refractivity (Wildman–Crippen MR) is 71.9 cm³/mol. The molecule has 0 bridgehead atoms. The third-order valence-electron chi connectivity index (χ3n) is 2.98. The van der Waals surface area contributed by atoms with Gasteiger partial charge in [0.25, 0.3) is 0 Å².